The predicted molar refractivity (Wildman–Crippen MR) is 88.2 cm³/mol. The van der Waals surface area contributed by atoms with Crippen LogP contribution in [0.15, 0.2) is 18.2 Å². The van der Waals surface area contributed by atoms with E-state index in [1.807, 2.05) is 12.1 Å². The zero-order valence-corrected chi connectivity index (χ0v) is 13.6. The van der Waals surface area contributed by atoms with Crippen LogP contribution in [0, 0.1) is 11.7 Å². The number of hydrogen-bond donors (Lipinski definition) is 1. The van der Waals surface area contributed by atoms with Crippen LogP contribution in [-0.4, -0.2) is 25.0 Å². The summed E-state index contributed by atoms with van der Waals surface area (Å²) >= 11 is 1.73. The minimum absolute atomic E-state index is 0.0821. The Labute approximate surface area is 130 Å². The summed E-state index contributed by atoms with van der Waals surface area (Å²) in [4.78, 5) is 3.63. The second-order valence-electron chi connectivity index (χ2n) is 6.04. The van der Waals surface area contributed by atoms with Gasteiger partial charge < -0.3 is 10.2 Å². The number of thiophene rings is 1. The lowest BCUT2D eigenvalue weighted by Gasteiger charge is -2.17. The third-order valence-corrected chi connectivity index (χ3v) is 5.27. The van der Waals surface area contributed by atoms with Crippen LogP contribution in [-0.2, 0) is 13.1 Å². The molecule has 0 unspecified atom stereocenters. The lowest BCUT2D eigenvalue weighted by molar-refractivity contribution is 0.313. The molecule has 4 heteroatoms. The van der Waals surface area contributed by atoms with Gasteiger partial charge in [-0.2, -0.15) is 0 Å². The van der Waals surface area contributed by atoms with Gasteiger partial charge in [0.1, 0.15) is 5.82 Å². The minimum atomic E-state index is -0.0821. The van der Waals surface area contributed by atoms with Crippen LogP contribution in [0.25, 0.3) is 10.1 Å². The molecule has 0 radical (unpaired) electrons. The predicted octanol–water partition coefficient (Wildman–Crippen LogP) is 3.99. The first-order valence-electron chi connectivity index (χ1n) is 7.77. The Kier molecular flexibility index (Phi) is 4.57. The van der Waals surface area contributed by atoms with Crippen LogP contribution in [0.5, 0.6) is 0 Å². The van der Waals surface area contributed by atoms with E-state index in [9.17, 15) is 4.39 Å². The molecule has 1 heterocycles. The van der Waals surface area contributed by atoms with Gasteiger partial charge >= 0.3 is 0 Å². The van der Waals surface area contributed by atoms with Gasteiger partial charge in [-0.15, -0.1) is 11.3 Å². The zero-order valence-electron chi connectivity index (χ0n) is 12.8. The van der Waals surface area contributed by atoms with Gasteiger partial charge in [-0.1, -0.05) is 13.0 Å². The fourth-order valence-corrected chi connectivity index (χ4v) is 4.04. The molecule has 1 fully saturated rings. The molecule has 2 nitrogen and oxygen atoms in total. The third-order valence-electron chi connectivity index (χ3n) is 4.08. The van der Waals surface area contributed by atoms with E-state index in [0.29, 0.717) is 0 Å². The van der Waals surface area contributed by atoms with Crippen molar-refractivity contribution in [1.29, 1.82) is 0 Å². The van der Waals surface area contributed by atoms with E-state index >= 15 is 0 Å². The van der Waals surface area contributed by atoms with Gasteiger partial charge in [0.2, 0.25) is 0 Å². The molecule has 1 aliphatic rings. The summed E-state index contributed by atoms with van der Waals surface area (Å²) in [7, 11) is 2.15. The summed E-state index contributed by atoms with van der Waals surface area (Å²) in [5, 5.41) is 4.21. The highest BCUT2D eigenvalue weighted by molar-refractivity contribution is 7.19. The maximum Gasteiger partial charge on any atom is 0.132 e. The Bertz CT molecular complexity index is 619. The van der Waals surface area contributed by atoms with Gasteiger partial charge in [-0.25, -0.2) is 4.39 Å². The van der Waals surface area contributed by atoms with Gasteiger partial charge in [0.25, 0.3) is 0 Å². The number of benzene rings is 1. The maximum absolute atomic E-state index is 14.3. The van der Waals surface area contributed by atoms with Crippen molar-refractivity contribution in [3.63, 3.8) is 0 Å². The van der Waals surface area contributed by atoms with Gasteiger partial charge in [-0.3, -0.25) is 0 Å². The van der Waals surface area contributed by atoms with Crippen molar-refractivity contribution in [1.82, 2.24) is 10.2 Å². The Hall–Kier alpha value is -0.970. The molecule has 1 aromatic heterocycles. The first-order valence-corrected chi connectivity index (χ1v) is 8.58. The number of halogens is 1. The number of nitrogens with zero attached hydrogens (tertiary/aromatic N) is 1. The van der Waals surface area contributed by atoms with Gasteiger partial charge in [0.05, 0.1) is 0 Å². The Balaban J connectivity index is 1.91. The smallest absolute Gasteiger partial charge is 0.132 e. The maximum atomic E-state index is 14.3. The van der Waals surface area contributed by atoms with Crippen LogP contribution >= 0.6 is 11.3 Å². The fourth-order valence-electron chi connectivity index (χ4n) is 2.84. The van der Waals surface area contributed by atoms with E-state index in [4.69, 9.17) is 0 Å². The van der Waals surface area contributed by atoms with Crippen LogP contribution in [0.1, 0.15) is 30.2 Å². The van der Waals surface area contributed by atoms with E-state index in [1.54, 1.807) is 17.4 Å². The van der Waals surface area contributed by atoms with Crippen molar-refractivity contribution in [3.05, 3.63) is 34.5 Å². The molecular formula is C17H23FN2S. The first-order chi connectivity index (χ1) is 10.2. The van der Waals surface area contributed by atoms with Crippen molar-refractivity contribution in [2.45, 2.75) is 32.9 Å². The molecule has 0 spiro atoms. The highest BCUT2D eigenvalue weighted by atomic mass is 32.1. The molecule has 0 amide bonds. The summed E-state index contributed by atoms with van der Waals surface area (Å²) in [6.45, 7) is 5.85. The lowest BCUT2D eigenvalue weighted by Crippen LogP contribution is -2.21. The Morgan fingerprint density at radius 1 is 1.38 bits per heavy atom. The highest BCUT2D eigenvalue weighted by Crippen LogP contribution is 2.35. The summed E-state index contributed by atoms with van der Waals surface area (Å²) in [5.41, 5.74) is 1.18. The highest BCUT2D eigenvalue weighted by Gasteiger charge is 2.24. The second kappa shape index (κ2) is 6.42. The fraction of sp³-hybridized carbons (Fsp3) is 0.529. The Morgan fingerprint density at radius 3 is 2.90 bits per heavy atom. The van der Waals surface area contributed by atoms with Gasteiger partial charge in [-0.05, 0) is 50.0 Å². The molecule has 21 heavy (non-hydrogen) atoms. The van der Waals surface area contributed by atoms with Crippen molar-refractivity contribution in [2.75, 3.05) is 20.1 Å². The lowest BCUT2D eigenvalue weighted by atomic mass is 10.1. The summed E-state index contributed by atoms with van der Waals surface area (Å²) < 4.78 is 15.3. The zero-order chi connectivity index (χ0) is 14.8. The quantitative estimate of drug-likeness (QED) is 0.832. The minimum Gasteiger partial charge on any atom is -0.312 e. The largest absolute Gasteiger partial charge is 0.312 e. The van der Waals surface area contributed by atoms with Crippen molar-refractivity contribution in [2.24, 2.45) is 5.92 Å². The van der Waals surface area contributed by atoms with Crippen molar-refractivity contribution >= 4 is 21.4 Å². The molecule has 114 valence electrons. The molecule has 1 aliphatic carbocycles. The summed E-state index contributed by atoms with van der Waals surface area (Å²) in [6.07, 6.45) is 2.71. The van der Waals surface area contributed by atoms with E-state index in [2.05, 4.69) is 24.2 Å². The second-order valence-corrected chi connectivity index (χ2v) is 7.17. The molecule has 2 aromatic rings. The summed E-state index contributed by atoms with van der Waals surface area (Å²) in [5.74, 6) is 0.781. The van der Waals surface area contributed by atoms with Crippen LogP contribution in [0.2, 0.25) is 0 Å². The van der Waals surface area contributed by atoms with Crippen LogP contribution < -0.4 is 5.32 Å². The monoisotopic (exact) mass is 306 g/mol. The average Bonchev–Trinajstić information content (AvgIpc) is 3.19. The molecule has 1 aromatic carbocycles. The molecule has 1 N–H and O–H groups in total. The van der Waals surface area contributed by atoms with Crippen LogP contribution in [0.3, 0.4) is 0 Å². The van der Waals surface area contributed by atoms with Crippen LogP contribution in [0.4, 0.5) is 4.39 Å². The normalized spacial score (nSPS) is 15.2. The van der Waals surface area contributed by atoms with Gasteiger partial charge in [0, 0.05) is 34.6 Å². The molecular weight excluding hydrogens is 283 g/mol. The molecule has 0 bridgehead atoms. The number of hydrogen-bond acceptors (Lipinski definition) is 3. The van der Waals surface area contributed by atoms with E-state index in [0.717, 1.165) is 42.2 Å². The van der Waals surface area contributed by atoms with E-state index in [-0.39, 0.29) is 5.82 Å². The standard InChI is InChI=1S/C17H23FN2S/c1-3-19-9-16-13(11-20(2)10-12-7-8-12)17-14(18)5-4-6-15(17)21-16/h4-6,12,19H,3,7-11H2,1-2H3. The van der Waals surface area contributed by atoms with Gasteiger partial charge in [0.15, 0.2) is 0 Å². The molecule has 0 aliphatic heterocycles. The number of rotatable bonds is 7. The molecule has 3 rings (SSSR count). The third kappa shape index (κ3) is 3.44. The topological polar surface area (TPSA) is 15.3 Å². The summed E-state index contributed by atoms with van der Waals surface area (Å²) in [6, 6.07) is 5.42. The average molecular weight is 306 g/mol. The molecule has 1 saturated carbocycles. The van der Waals surface area contributed by atoms with E-state index < -0.39 is 0 Å². The number of fused-ring (bicyclic) bond motifs is 1. The van der Waals surface area contributed by atoms with Crippen molar-refractivity contribution < 1.29 is 4.39 Å². The van der Waals surface area contributed by atoms with Crippen molar-refractivity contribution in [3.8, 4) is 0 Å². The molecule has 0 atom stereocenters. The number of nitrogens with one attached hydrogen (secondary N) is 1. The molecule has 0 saturated heterocycles. The van der Waals surface area contributed by atoms with E-state index in [1.165, 1.54) is 23.3 Å². The first kappa shape index (κ1) is 14.9. The Morgan fingerprint density at radius 2 is 2.19 bits per heavy atom. The SMILES string of the molecule is CCNCc1sc2cccc(F)c2c1CN(C)CC1CC1.